The van der Waals surface area contributed by atoms with Gasteiger partial charge in [0.25, 0.3) is 5.91 Å². The highest BCUT2D eigenvalue weighted by atomic mass is 16.2. The Labute approximate surface area is 115 Å². The molecule has 104 valence electrons. The normalized spacial score (nSPS) is 16.3. The molecule has 0 unspecified atom stereocenters. The fraction of sp³-hybridized carbons (Fsp3) is 0.562. The van der Waals surface area contributed by atoms with Gasteiger partial charge >= 0.3 is 0 Å². The molecule has 0 radical (unpaired) electrons. The van der Waals surface area contributed by atoms with Crippen LogP contribution in [0.25, 0.3) is 0 Å². The van der Waals surface area contributed by atoms with Crippen LogP contribution in [0.5, 0.6) is 0 Å². The minimum absolute atomic E-state index is 0.120. The number of hydrogen-bond acceptors (Lipinski definition) is 2. The first-order valence-corrected chi connectivity index (χ1v) is 7.25. The molecule has 1 fully saturated rings. The standard InChI is InChI=1S/C16H24N2O/c1-18(12-14-5-3-2-4-6-14)16(19)15-9-7-13(11-17)8-10-15/h7-10,14H,2-6,11-12,17H2,1H3. The highest BCUT2D eigenvalue weighted by Crippen LogP contribution is 2.24. The van der Waals surface area contributed by atoms with E-state index in [1.165, 1.54) is 32.1 Å². The molecule has 19 heavy (non-hydrogen) atoms. The fourth-order valence-electron chi connectivity index (χ4n) is 2.84. The zero-order valence-electron chi connectivity index (χ0n) is 11.8. The topological polar surface area (TPSA) is 46.3 Å². The molecule has 1 aromatic carbocycles. The lowest BCUT2D eigenvalue weighted by atomic mass is 9.89. The summed E-state index contributed by atoms with van der Waals surface area (Å²) in [6.07, 6.45) is 6.53. The molecule has 1 amide bonds. The minimum atomic E-state index is 0.120. The molecule has 1 saturated carbocycles. The molecule has 0 atom stereocenters. The number of hydrogen-bond donors (Lipinski definition) is 1. The maximum absolute atomic E-state index is 12.3. The summed E-state index contributed by atoms with van der Waals surface area (Å²) in [6.45, 7) is 1.41. The van der Waals surface area contributed by atoms with Crippen LogP contribution in [0.15, 0.2) is 24.3 Å². The first-order chi connectivity index (χ1) is 9.20. The summed E-state index contributed by atoms with van der Waals surface area (Å²) in [6, 6.07) is 7.62. The van der Waals surface area contributed by atoms with E-state index in [0.29, 0.717) is 12.5 Å². The summed E-state index contributed by atoms with van der Waals surface area (Å²) in [7, 11) is 1.91. The second kappa shape index (κ2) is 6.71. The van der Waals surface area contributed by atoms with Gasteiger partial charge in [0.05, 0.1) is 0 Å². The summed E-state index contributed by atoms with van der Waals surface area (Å²) in [4.78, 5) is 14.2. The van der Waals surface area contributed by atoms with Crippen molar-refractivity contribution in [1.82, 2.24) is 4.90 Å². The van der Waals surface area contributed by atoms with Gasteiger partial charge in [-0.25, -0.2) is 0 Å². The molecule has 0 spiro atoms. The molecule has 0 heterocycles. The van der Waals surface area contributed by atoms with Gasteiger partial charge in [-0.3, -0.25) is 4.79 Å². The van der Waals surface area contributed by atoms with Gasteiger partial charge < -0.3 is 10.6 Å². The second-order valence-electron chi connectivity index (χ2n) is 5.59. The first kappa shape index (κ1) is 14.1. The third-order valence-corrected chi connectivity index (χ3v) is 4.04. The molecular weight excluding hydrogens is 236 g/mol. The lowest BCUT2D eigenvalue weighted by molar-refractivity contribution is 0.0760. The summed E-state index contributed by atoms with van der Waals surface area (Å²) in [5.41, 5.74) is 7.39. The van der Waals surface area contributed by atoms with Gasteiger partial charge in [-0.2, -0.15) is 0 Å². The monoisotopic (exact) mass is 260 g/mol. The molecule has 0 saturated heterocycles. The van der Waals surface area contributed by atoms with E-state index in [1.807, 2.05) is 36.2 Å². The second-order valence-corrected chi connectivity index (χ2v) is 5.59. The summed E-state index contributed by atoms with van der Waals surface area (Å²) in [5, 5.41) is 0. The van der Waals surface area contributed by atoms with E-state index in [9.17, 15) is 4.79 Å². The Morgan fingerprint density at radius 1 is 1.21 bits per heavy atom. The highest BCUT2D eigenvalue weighted by molar-refractivity contribution is 5.94. The lowest BCUT2D eigenvalue weighted by Gasteiger charge is -2.27. The number of nitrogens with zero attached hydrogens (tertiary/aromatic N) is 1. The van der Waals surface area contributed by atoms with Gasteiger partial charge in [0, 0.05) is 25.7 Å². The van der Waals surface area contributed by atoms with Gasteiger partial charge in [0.1, 0.15) is 0 Å². The average Bonchev–Trinajstić information content (AvgIpc) is 2.47. The van der Waals surface area contributed by atoms with Crippen LogP contribution in [0.1, 0.15) is 48.0 Å². The van der Waals surface area contributed by atoms with E-state index in [4.69, 9.17) is 5.73 Å². The Hall–Kier alpha value is -1.35. The summed E-state index contributed by atoms with van der Waals surface area (Å²) < 4.78 is 0. The number of amides is 1. The fourth-order valence-corrected chi connectivity index (χ4v) is 2.84. The Morgan fingerprint density at radius 3 is 2.42 bits per heavy atom. The van der Waals surface area contributed by atoms with Crippen molar-refractivity contribution in [2.45, 2.75) is 38.6 Å². The molecule has 2 N–H and O–H groups in total. The van der Waals surface area contributed by atoms with Gasteiger partial charge in [-0.05, 0) is 36.5 Å². The SMILES string of the molecule is CN(CC1CCCCC1)C(=O)c1ccc(CN)cc1. The van der Waals surface area contributed by atoms with Crippen molar-refractivity contribution in [3.8, 4) is 0 Å². The zero-order valence-corrected chi connectivity index (χ0v) is 11.8. The van der Waals surface area contributed by atoms with Crippen LogP contribution in [0.2, 0.25) is 0 Å². The van der Waals surface area contributed by atoms with Gasteiger partial charge in [-0.1, -0.05) is 31.4 Å². The highest BCUT2D eigenvalue weighted by Gasteiger charge is 2.19. The smallest absolute Gasteiger partial charge is 0.253 e. The van der Waals surface area contributed by atoms with E-state index in [0.717, 1.165) is 17.7 Å². The predicted molar refractivity (Wildman–Crippen MR) is 77.9 cm³/mol. The largest absolute Gasteiger partial charge is 0.341 e. The van der Waals surface area contributed by atoms with Crippen LogP contribution in [-0.4, -0.2) is 24.4 Å². The van der Waals surface area contributed by atoms with Crippen LogP contribution >= 0.6 is 0 Å². The zero-order chi connectivity index (χ0) is 13.7. The molecular formula is C16H24N2O. The third kappa shape index (κ3) is 3.80. The Balaban J connectivity index is 1.93. The molecule has 0 aliphatic heterocycles. The summed E-state index contributed by atoms with van der Waals surface area (Å²) in [5.74, 6) is 0.806. The van der Waals surface area contributed by atoms with E-state index < -0.39 is 0 Å². The Morgan fingerprint density at radius 2 is 1.84 bits per heavy atom. The number of carbonyl (C=O) groups excluding carboxylic acids is 1. The van der Waals surface area contributed by atoms with E-state index in [2.05, 4.69) is 0 Å². The van der Waals surface area contributed by atoms with Crippen LogP contribution in [0.3, 0.4) is 0 Å². The molecule has 2 rings (SSSR count). The predicted octanol–water partition coefficient (Wildman–Crippen LogP) is 2.80. The quantitative estimate of drug-likeness (QED) is 0.905. The number of benzene rings is 1. The van der Waals surface area contributed by atoms with Gasteiger partial charge in [0.2, 0.25) is 0 Å². The molecule has 0 bridgehead atoms. The molecule has 0 aromatic heterocycles. The van der Waals surface area contributed by atoms with Crippen molar-refractivity contribution in [1.29, 1.82) is 0 Å². The van der Waals surface area contributed by atoms with E-state index in [-0.39, 0.29) is 5.91 Å². The van der Waals surface area contributed by atoms with Crippen molar-refractivity contribution in [2.24, 2.45) is 11.7 Å². The van der Waals surface area contributed by atoms with Crippen LogP contribution in [0, 0.1) is 5.92 Å². The maximum Gasteiger partial charge on any atom is 0.253 e. The van der Waals surface area contributed by atoms with Crippen molar-refractivity contribution in [3.63, 3.8) is 0 Å². The van der Waals surface area contributed by atoms with E-state index >= 15 is 0 Å². The van der Waals surface area contributed by atoms with Gasteiger partial charge in [0.15, 0.2) is 0 Å². The maximum atomic E-state index is 12.3. The molecule has 3 heteroatoms. The Kier molecular flexibility index (Phi) is 4.97. The molecule has 1 aliphatic carbocycles. The average molecular weight is 260 g/mol. The number of carbonyl (C=O) groups is 1. The third-order valence-electron chi connectivity index (χ3n) is 4.04. The molecule has 1 aliphatic rings. The molecule has 1 aromatic rings. The van der Waals surface area contributed by atoms with Crippen molar-refractivity contribution in [3.05, 3.63) is 35.4 Å². The van der Waals surface area contributed by atoms with E-state index in [1.54, 1.807) is 0 Å². The van der Waals surface area contributed by atoms with Crippen LogP contribution < -0.4 is 5.73 Å². The van der Waals surface area contributed by atoms with Gasteiger partial charge in [-0.15, -0.1) is 0 Å². The van der Waals surface area contributed by atoms with Crippen LogP contribution in [-0.2, 0) is 6.54 Å². The van der Waals surface area contributed by atoms with Crippen molar-refractivity contribution in [2.75, 3.05) is 13.6 Å². The number of nitrogens with two attached hydrogens (primary N) is 1. The van der Waals surface area contributed by atoms with Crippen molar-refractivity contribution < 1.29 is 4.79 Å². The Bertz CT molecular complexity index is 407. The van der Waals surface area contributed by atoms with Crippen LogP contribution in [0.4, 0.5) is 0 Å². The number of rotatable bonds is 4. The minimum Gasteiger partial charge on any atom is -0.341 e. The summed E-state index contributed by atoms with van der Waals surface area (Å²) >= 11 is 0. The van der Waals surface area contributed by atoms with Crippen molar-refractivity contribution >= 4 is 5.91 Å². The first-order valence-electron chi connectivity index (χ1n) is 7.25. The lowest BCUT2D eigenvalue weighted by Crippen LogP contribution is -2.32. The molecule has 3 nitrogen and oxygen atoms in total.